The highest BCUT2D eigenvalue weighted by molar-refractivity contribution is 8.01. The lowest BCUT2D eigenvalue weighted by Gasteiger charge is -2.47. The third kappa shape index (κ3) is 3.52. The number of hydrogen-bond donors (Lipinski definition) is 0. The normalized spacial score (nSPS) is 21.3. The van der Waals surface area contributed by atoms with Crippen molar-refractivity contribution in [2.75, 3.05) is 18.8 Å². The van der Waals surface area contributed by atoms with Gasteiger partial charge < -0.3 is 9.64 Å². The zero-order valence-corrected chi connectivity index (χ0v) is 14.9. The number of hydrogen-bond acceptors (Lipinski definition) is 6. The predicted octanol–water partition coefficient (Wildman–Crippen LogP) is 2.10. The minimum atomic E-state index is 0.0365. The zero-order valence-electron chi connectivity index (χ0n) is 14.1. The monoisotopic (exact) mass is 356 g/mol. The molecule has 2 aliphatic heterocycles. The summed E-state index contributed by atoms with van der Waals surface area (Å²) in [4.78, 5) is 18.8. The standard InChI is InChI=1S/C18H20N4O2S/c1-13-3-2-4-15(21-13)9-24-16-7-18(25-10-16)11-22(12-18)17(23)14-5-6-19-20-8-14/h2-6,8,16H,7,9-12H2,1H3/t16-/m1/s1. The van der Waals surface area contributed by atoms with Crippen LogP contribution in [-0.2, 0) is 11.3 Å². The number of aryl methyl sites for hydroxylation is 1. The molecule has 2 fully saturated rings. The molecule has 0 unspecified atom stereocenters. The van der Waals surface area contributed by atoms with Crippen LogP contribution < -0.4 is 0 Å². The second-order valence-electron chi connectivity index (χ2n) is 6.69. The number of thioether (sulfide) groups is 1. The molecule has 0 bridgehead atoms. The third-order valence-corrected chi connectivity index (χ3v) is 6.24. The Balaban J connectivity index is 1.28. The maximum Gasteiger partial charge on any atom is 0.255 e. The molecule has 0 radical (unpaired) electrons. The molecule has 0 aliphatic carbocycles. The van der Waals surface area contributed by atoms with E-state index in [0.29, 0.717) is 12.2 Å². The van der Waals surface area contributed by atoms with E-state index in [0.717, 1.165) is 36.7 Å². The Bertz CT molecular complexity index is 765. The molecule has 4 heterocycles. The fourth-order valence-corrected chi connectivity index (χ4v) is 4.96. The number of pyridine rings is 1. The van der Waals surface area contributed by atoms with Crippen molar-refractivity contribution in [3.05, 3.63) is 53.6 Å². The molecule has 0 aromatic carbocycles. The van der Waals surface area contributed by atoms with Gasteiger partial charge >= 0.3 is 0 Å². The van der Waals surface area contributed by atoms with E-state index in [1.807, 2.05) is 41.8 Å². The fourth-order valence-electron chi connectivity index (χ4n) is 3.41. The quantitative estimate of drug-likeness (QED) is 0.836. The summed E-state index contributed by atoms with van der Waals surface area (Å²) in [6, 6.07) is 7.71. The highest BCUT2D eigenvalue weighted by Gasteiger charge is 2.51. The molecule has 0 N–H and O–H groups in total. The number of ether oxygens (including phenoxy) is 1. The summed E-state index contributed by atoms with van der Waals surface area (Å²) in [5.41, 5.74) is 2.59. The molecule has 2 saturated heterocycles. The van der Waals surface area contributed by atoms with E-state index < -0.39 is 0 Å². The Morgan fingerprint density at radius 1 is 1.36 bits per heavy atom. The minimum Gasteiger partial charge on any atom is -0.371 e. The molecule has 1 spiro atoms. The summed E-state index contributed by atoms with van der Waals surface area (Å²) in [5, 5.41) is 7.49. The van der Waals surface area contributed by atoms with Crippen LogP contribution in [0.25, 0.3) is 0 Å². The molecule has 1 atom stereocenters. The van der Waals surface area contributed by atoms with Crippen LogP contribution in [0.15, 0.2) is 36.7 Å². The predicted molar refractivity (Wildman–Crippen MR) is 95.3 cm³/mol. The lowest BCUT2D eigenvalue weighted by Crippen LogP contribution is -2.60. The van der Waals surface area contributed by atoms with Crippen molar-refractivity contribution in [2.45, 2.75) is 30.8 Å². The summed E-state index contributed by atoms with van der Waals surface area (Å²) < 4.78 is 6.20. The maximum absolute atomic E-state index is 12.4. The second-order valence-corrected chi connectivity index (χ2v) is 8.18. The van der Waals surface area contributed by atoms with E-state index in [9.17, 15) is 4.79 Å². The van der Waals surface area contributed by atoms with Crippen molar-refractivity contribution in [3.8, 4) is 0 Å². The van der Waals surface area contributed by atoms with Crippen LogP contribution in [0, 0.1) is 6.92 Å². The topological polar surface area (TPSA) is 68.2 Å². The molecular weight excluding hydrogens is 336 g/mol. The first kappa shape index (κ1) is 16.5. The summed E-state index contributed by atoms with van der Waals surface area (Å²) in [7, 11) is 0. The summed E-state index contributed by atoms with van der Waals surface area (Å²) in [6.45, 7) is 4.10. The fraction of sp³-hybridized carbons (Fsp3) is 0.444. The van der Waals surface area contributed by atoms with Crippen molar-refractivity contribution in [2.24, 2.45) is 0 Å². The van der Waals surface area contributed by atoms with Crippen molar-refractivity contribution in [3.63, 3.8) is 0 Å². The Kier molecular flexibility index (Phi) is 4.43. The van der Waals surface area contributed by atoms with Crippen molar-refractivity contribution in [1.29, 1.82) is 0 Å². The highest BCUT2D eigenvalue weighted by Crippen LogP contribution is 2.46. The van der Waals surface area contributed by atoms with Crippen LogP contribution in [0.2, 0.25) is 0 Å². The van der Waals surface area contributed by atoms with Gasteiger partial charge in [0.05, 0.1) is 41.1 Å². The van der Waals surface area contributed by atoms with Gasteiger partial charge in [0.2, 0.25) is 0 Å². The van der Waals surface area contributed by atoms with E-state index in [1.165, 1.54) is 6.20 Å². The average molecular weight is 356 g/mol. The van der Waals surface area contributed by atoms with Gasteiger partial charge in [-0.15, -0.1) is 11.8 Å². The largest absolute Gasteiger partial charge is 0.371 e. The average Bonchev–Trinajstić information content (AvgIpc) is 3.04. The Labute approximate surface area is 151 Å². The molecule has 2 aromatic heterocycles. The van der Waals surface area contributed by atoms with Gasteiger partial charge in [0.25, 0.3) is 5.91 Å². The Hall–Kier alpha value is -1.99. The van der Waals surface area contributed by atoms with Gasteiger partial charge in [0.15, 0.2) is 0 Å². The molecule has 2 aromatic rings. The van der Waals surface area contributed by atoms with Crippen LogP contribution in [0.4, 0.5) is 0 Å². The van der Waals surface area contributed by atoms with Crippen LogP contribution in [-0.4, -0.2) is 55.7 Å². The SMILES string of the molecule is Cc1cccc(CO[C@H]2CSC3(C2)CN(C(=O)c2ccnnc2)C3)n1. The number of carbonyl (C=O) groups is 1. The van der Waals surface area contributed by atoms with Crippen molar-refractivity contribution < 1.29 is 9.53 Å². The number of carbonyl (C=O) groups excluding carboxylic acids is 1. The van der Waals surface area contributed by atoms with Crippen molar-refractivity contribution >= 4 is 17.7 Å². The molecular formula is C18H20N4O2S. The molecule has 6 nitrogen and oxygen atoms in total. The molecule has 25 heavy (non-hydrogen) atoms. The van der Waals surface area contributed by atoms with Gasteiger partial charge in [0, 0.05) is 24.5 Å². The molecule has 130 valence electrons. The van der Waals surface area contributed by atoms with Gasteiger partial charge in [0.1, 0.15) is 0 Å². The summed E-state index contributed by atoms with van der Waals surface area (Å²) in [6.07, 6.45) is 4.29. The molecule has 0 saturated carbocycles. The number of amides is 1. The van der Waals surface area contributed by atoms with Crippen LogP contribution >= 0.6 is 11.8 Å². The smallest absolute Gasteiger partial charge is 0.255 e. The van der Waals surface area contributed by atoms with E-state index in [1.54, 1.807) is 12.3 Å². The van der Waals surface area contributed by atoms with Gasteiger partial charge in [-0.2, -0.15) is 10.2 Å². The number of nitrogens with zero attached hydrogens (tertiary/aromatic N) is 4. The molecule has 4 rings (SSSR count). The summed E-state index contributed by atoms with van der Waals surface area (Å²) in [5.74, 6) is 1.01. The zero-order chi connectivity index (χ0) is 17.3. The second kappa shape index (κ2) is 6.72. The first-order chi connectivity index (χ1) is 12.1. The van der Waals surface area contributed by atoms with Gasteiger partial charge in [-0.1, -0.05) is 6.07 Å². The summed E-state index contributed by atoms with van der Waals surface area (Å²) >= 11 is 1.93. The van der Waals surface area contributed by atoms with Gasteiger partial charge in [-0.05, 0) is 31.5 Å². The van der Waals surface area contributed by atoms with E-state index in [4.69, 9.17) is 4.74 Å². The first-order valence-corrected chi connectivity index (χ1v) is 9.36. The van der Waals surface area contributed by atoms with Crippen LogP contribution in [0.1, 0.15) is 28.2 Å². The maximum atomic E-state index is 12.4. The minimum absolute atomic E-state index is 0.0365. The van der Waals surface area contributed by atoms with E-state index in [2.05, 4.69) is 15.2 Å². The van der Waals surface area contributed by atoms with Crippen molar-refractivity contribution in [1.82, 2.24) is 20.1 Å². The third-order valence-electron chi connectivity index (χ3n) is 4.66. The first-order valence-electron chi connectivity index (χ1n) is 8.38. The highest BCUT2D eigenvalue weighted by atomic mass is 32.2. The number of likely N-dealkylation sites (tertiary alicyclic amines) is 1. The van der Waals surface area contributed by atoms with Gasteiger partial charge in [-0.3, -0.25) is 9.78 Å². The van der Waals surface area contributed by atoms with E-state index >= 15 is 0 Å². The van der Waals surface area contributed by atoms with Crippen LogP contribution in [0.3, 0.4) is 0 Å². The lowest BCUT2D eigenvalue weighted by molar-refractivity contribution is 0.0244. The molecule has 1 amide bonds. The molecule has 7 heteroatoms. The Morgan fingerprint density at radius 3 is 3.00 bits per heavy atom. The number of rotatable bonds is 4. The van der Waals surface area contributed by atoms with E-state index in [-0.39, 0.29) is 16.8 Å². The number of aromatic nitrogens is 3. The molecule has 2 aliphatic rings. The van der Waals surface area contributed by atoms with Crippen LogP contribution in [0.5, 0.6) is 0 Å². The lowest BCUT2D eigenvalue weighted by atomic mass is 9.92. The Morgan fingerprint density at radius 2 is 2.24 bits per heavy atom. The van der Waals surface area contributed by atoms with Gasteiger partial charge in [-0.25, -0.2) is 0 Å².